The predicted octanol–water partition coefficient (Wildman–Crippen LogP) is 1.07. The van der Waals surface area contributed by atoms with E-state index >= 15 is 0 Å². The summed E-state index contributed by atoms with van der Waals surface area (Å²) in [6.45, 7) is 2.58. The van der Waals surface area contributed by atoms with Crippen molar-refractivity contribution in [1.82, 2.24) is 20.2 Å². The minimum absolute atomic E-state index is 0.0831. The number of fused-ring (bicyclic) bond motifs is 2. The summed E-state index contributed by atoms with van der Waals surface area (Å²) < 4.78 is 50.5. The molecule has 3 unspecified atom stereocenters. The first kappa shape index (κ1) is 14.2. The van der Waals surface area contributed by atoms with E-state index in [-0.39, 0.29) is 6.04 Å². The minimum atomic E-state index is -4.88. The average Bonchev–Trinajstić information content (AvgIpc) is 2.99. The Morgan fingerprint density at radius 2 is 2.14 bits per heavy atom. The number of halogens is 4. The van der Waals surface area contributed by atoms with Crippen LogP contribution in [0.15, 0.2) is 6.20 Å². The van der Waals surface area contributed by atoms with E-state index in [1.807, 2.05) is 0 Å². The van der Waals surface area contributed by atoms with E-state index < -0.39 is 29.4 Å². The normalized spacial score (nSPS) is 27.9. The highest BCUT2D eigenvalue weighted by atomic mass is 19.4. The molecule has 0 aliphatic carbocycles. The molecule has 2 saturated heterocycles. The predicted molar refractivity (Wildman–Crippen MR) is 62.8 cm³/mol. The van der Waals surface area contributed by atoms with Crippen molar-refractivity contribution in [2.45, 2.75) is 18.6 Å². The van der Waals surface area contributed by atoms with E-state index in [1.54, 1.807) is 0 Å². The fraction of sp³-hybridized carbons (Fsp3) is 0.583. The highest BCUT2D eigenvalue weighted by molar-refractivity contribution is 5.90. The summed E-state index contributed by atoms with van der Waals surface area (Å²) >= 11 is 0. The molecule has 2 aliphatic rings. The molecule has 0 radical (unpaired) electrons. The summed E-state index contributed by atoms with van der Waals surface area (Å²) in [5.74, 6) is -2.74. The number of hydrogen-bond donors (Lipinski definition) is 1. The summed E-state index contributed by atoms with van der Waals surface area (Å²) in [4.78, 5) is 20.4. The molecule has 1 aromatic rings. The maximum Gasteiger partial charge on any atom is 0.422 e. The zero-order valence-corrected chi connectivity index (χ0v) is 10.8. The van der Waals surface area contributed by atoms with Crippen molar-refractivity contribution in [3.8, 4) is 0 Å². The first-order chi connectivity index (χ1) is 9.84. The van der Waals surface area contributed by atoms with Crippen molar-refractivity contribution >= 4 is 5.91 Å². The molecule has 9 heteroatoms. The van der Waals surface area contributed by atoms with Crippen molar-refractivity contribution in [1.29, 1.82) is 0 Å². The van der Waals surface area contributed by atoms with Gasteiger partial charge in [0.05, 0.1) is 0 Å². The largest absolute Gasteiger partial charge is 0.422 e. The van der Waals surface area contributed by atoms with Gasteiger partial charge in [-0.05, 0) is 18.9 Å². The van der Waals surface area contributed by atoms with Gasteiger partial charge in [0.25, 0.3) is 5.91 Å². The van der Waals surface area contributed by atoms with E-state index in [2.05, 4.69) is 20.2 Å². The lowest BCUT2D eigenvalue weighted by atomic mass is 10.00. The molecule has 21 heavy (non-hydrogen) atoms. The van der Waals surface area contributed by atoms with Crippen molar-refractivity contribution in [2.75, 3.05) is 19.6 Å². The van der Waals surface area contributed by atoms with Gasteiger partial charge in [-0.2, -0.15) is 22.5 Å². The Kier molecular flexibility index (Phi) is 3.31. The minimum Gasteiger partial charge on any atom is -0.345 e. The molecule has 2 fully saturated rings. The van der Waals surface area contributed by atoms with Crippen LogP contribution in [-0.2, 0) is 6.18 Å². The van der Waals surface area contributed by atoms with Gasteiger partial charge in [-0.1, -0.05) is 0 Å². The van der Waals surface area contributed by atoms with Crippen LogP contribution in [0.25, 0.3) is 0 Å². The second kappa shape index (κ2) is 4.90. The van der Waals surface area contributed by atoms with Crippen molar-refractivity contribution in [3.05, 3.63) is 23.5 Å². The molecule has 0 saturated carbocycles. The van der Waals surface area contributed by atoms with Crippen LogP contribution in [0.3, 0.4) is 0 Å². The summed E-state index contributed by atoms with van der Waals surface area (Å²) in [5.41, 5.74) is -1.58. The number of carbonyl (C=O) groups excluding carboxylic acids is 1. The van der Waals surface area contributed by atoms with E-state index in [1.165, 1.54) is 0 Å². The summed E-state index contributed by atoms with van der Waals surface area (Å²) in [5, 5.41) is 2.66. The Morgan fingerprint density at radius 1 is 1.38 bits per heavy atom. The Bertz CT molecular complexity index is 577. The van der Waals surface area contributed by atoms with Crippen molar-refractivity contribution in [3.63, 3.8) is 0 Å². The Balaban J connectivity index is 1.72. The van der Waals surface area contributed by atoms with Crippen LogP contribution in [0.2, 0.25) is 0 Å². The zero-order valence-electron chi connectivity index (χ0n) is 10.8. The van der Waals surface area contributed by atoms with Crippen LogP contribution in [0.5, 0.6) is 0 Å². The molecule has 114 valence electrons. The van der Waals surface area contributed by atoms with E-state index in [0.717, 1.165) is 19.5 Å². The van der Waals surface area contributed by atoms with Crippen LogP contribution < -0.4 is 5.32 Å². The molecule has 0 spiro atoms. The third-order valence-electron chi connectivity index (χ3n) is 3.90. The average molecular weight is 304 g/mol. The lowest BCUT2D eigenvalue weighted by molar-refractivity contribution is -0.140. The quantitative estimate of drug-likeness (QED) is 0.656. The lowest BCUT2D eigenvalue weighted by Crippen LogP contribution is -2.43. The molecular formula is C12H12F4N4O. The number of hydrogen-bond acceptors (Lipinski definition) is 4. The molecule has 1 aromatic heterocycles. The van der Waals surface area contributed by atoms with Crippen molar-refractivity contribution < 1.29 is 22.4 Å². The van der Waals surface area contributed by atoms with Crippen LogP contribution in [0.4, 0.5) is 17.6 Å². The van der Waals surface area contributed by atoms with Gasteiger partial charge in [0.2, 0.25) is 11.8 Å². The number of rotatable bonds is 2. The molecule has 3 heterocycles. The molecular weight excluding hydrogens is 292 g/mol. The number of alkyl halides is 3. The fourth-order valence-corrected chi connectivity index (χ4v) is 2.84. The number of carbonyl (C=O) groups is 1. The Morgan fingerprint density at radius 3 is 2.67 bits per heavy atom. The maximum absolute atomic E-state index is 13.3. The summed E-state index contributed by atoms with van der Waals surface area (Å²) in [7, 11) is 0. The van der Waals surface area contributed by atoms with Gasteiger partial charge in [0.1, 0.15) is 5.56 Å². The number of nitrogens with zero attached hydrogens (tertiary/aromatic N) is 3. The highest BCUT2D eigenvalue weighted by Gasteiger charge is 2.39. The standard InChI is InChI=1S/C12H12F4N4O/c13-9-7(12(14,15)16)3-17-10(19-9)11(21)18-8-5-20-2-1-6(8)4-20/h3,6,8H,1-2,4-5H2,(H,18,21). The summed E-state index contributed by atoms with van der Waals surface area (Å²) in [6, 6.07) is -0.0831. The van der Waals surface area contributed by atoms with Crippen molar-refractivity contribution in [2.24, 2.45) is 5.92 Å². The van der Waals surface area contributed by atoms with Crippen LogP contribution in [0, 0.1) is 11.9 Å². The summed E-state index contributed by atoms with van der Waals surface area (Å²) in [6.07, 6.45) is -3.62. The fourth-order valence-electron chi connectivity index (χ4n) is 2.84. The Hall–Kier alpha value is -1.77. The van der Waals surface area contributed by atoms with E-state index in [0.29, 0.717) is 18.7 Å². The SMILES string of the molecule is O=C(NC1CN2CCC1C2)c1ncc(C(F)(F)F)c(F)n1. The monoisotopic (exact) mass is 304 g/mol. The molecule has 3 rings (SSSR count). The first-order valence-corrected chi connectivity index (χ1v) is 6.47. The van der Waals surface area contributed by atoms with Gasteiger partial charge in [-0.25, -0.2) is 4.98 Å². The molecule has 2 aliphatic heterocycles. The zero-order chi connectivity index (χ0) is 15.2. The number of amides is 1. The third-order valence-corrected chi connectivity index (χ3v) is 3.90. The second-order valence-electron chi connectivity index (χ2n) is 5.28. The van der Waals surface area contributed by atoms with Gasteiger partial charge in [-0.3, -0.25) is 4.79 Å². The lowest BCUT2D eigenvalue weighted by Gasteiger charge is -2.22. The molecule has 1 N–H and O–H groups in total. The first-order valence-electron chi connectivity index (χ1n) is 6.47. The van der Waals surface area contributed by atoms with Crippen LogP contribution in [0.1, 0.15) is 22.6 Å². The number of aromatic nitrogens is 2. The van der Waals surface area contributed by atoms with Gasteiger partial charge in [0, 0.05) is 25.3 Å². The maximum atomic E-state index is 13.3. The highest BCUT2D eigenvalue weighted by Crippen LogP contribution is 2.30. The van der Waals surface area contributed by atoms with Crippen LogP contribution >= 0.6 is 0 Å². The smallest absolute Gasteiger partial charge is 0.345 e. The van der Waals surface area contributed by atoms with Gasteiger partial charge < -0.3 is 10.2 Å². The van der Waals surface area contributed by atoms with Gasteiger partial charge in [0.15, 0.2) is 0 Å². The number of nitrogens with one attached hydrogen (secondary N) is 1. The van der Waals surface area contributed by atoms with E-state index in [4.69, 9.17) is 0 Å². The molecule has 5 nitrogen and oxygen atoms in total. The Labute approximate surface area is 117 Å². The van der Waals surface area contributed by atoms with Gasteiger partial charge >= 0.3 is 6.18 Å². The van der Waals surface area contributed by atoms with Crippen LogP contribution in [-0.4, -0.2) is 46.5 Å². The molecule has 3 atom stereocenters. The number of piperidine rings is 1. The molecule has 2 bridgehead atoms. The molecule has 0 aromatic carbocycles. The van der Waals surface area contributed by atoms with E-state index in [9.17, 15) is 22.4 Å². The topological polar surface area (TPSA) is 58.1 Å². The second-order valence-corrected chi connectivity index (χ2v) is 5.28. The van der Waals surface area contributed by atoms with Gasteiger partial charge in [-0.15, -0.1) is 0 Å². The molecule has 1 amide bonds. The third kappa shape index (κ3) is 2.69.